The molecule has 0 radical (unpaired) electrons. The first-order valence-corrected chi connectivity index (χ1v) is 34.0. The van der Waals surface area contributed by atoms with Gasteiger partial charge >= 0.3 is 5.97 Å². The van der Waals surface area contributed by atoms with E-state index in [4.69, 9.17) is 18.9 Å². The molecule has 26 heteroatoms. The van der Waals surface area contributed by atoms with Gasteiger partial charge in [0.2, 0.25) is 11.8 Å². The molecule has 3 saturated heterocycles. The molecule has 5 rings (SSSR count). The molecule has 4 aliphatic heterocycles. The predicted molar refractivity (Wildman–Crippen MR) is 363 cm³/mol. The minimum atomic E-state index is -2.33. The number of fused-ring (bicyclic) bond motifs is 2. The lowest BCUT2D eigenvalue weighted by Crippen LogP contribution is -2.65. The standard InChI is InChI=1S/C71H110N6O20/c1-46-19-17-15-13-11-9-7-8-10-12-14-16-18-20-58(95-70-67(91)65(66(90)48(3)94-70)74-62(88)45-77-31-29-76(30-32-77)33-34-78)42-61-64(69(92)73-27-28-75(5)6)60(87)44-71(93,97-61)43-57(85)39-55(83)37-53(81)35-52(80)36-54(82)38-56(84)41-63(89)96-68(46)47(2)21-26-51(79)40-59(86)49-22-24-50(72-4)25-23-49/h7-20,22-25,46-48,51-53,55-58,60-61,64-68,70,72,78-81,83-85,87,90-91,93H,21,26-45H2,1-6H3,(H,73,92)(H,74,88)/b8-7-,11-9-,12-10+,15-13+,16-14+,19-17+,20-18+. The minimum absolute atomic E-state index is 0.0135. The van der Waals surface area contributed by atoms with Gasteiger partial charge in [0.1, 0.15) is 24.1 Å². The van der Waals surface area contributed by atoms with Crippen LogP contribution in [0.3, 0.4) is 0 Å². The number of anilines is 1. The Balaban J connectivity index is 1.39. The lowest BCUT2D eigenvalue weighted by Gasteiger charge is -2.46. The number of β-amino-alcohol motifs (C(OH)–C–C–N with tert-alkyl or cyclic N) is 1. The number of carbonyl (C=O) groups excluding carboxylic acids is 5. The first-order valence-electron chi connectivity index (χ1n) is 34.0. The van der Waals surface area contributed by atoms with Crippen molar-refractivity contribution in [2.45, 2.75) is 195 Å². The fraction of sp³-hybridized carbons (Fsp3) is 0.648. The largest absolute Gasteiger partial charge is 0.461 e. The van der Waals surface area contributed by atoms with Crippen molar-refractivity contribution in [3.8, 4) is 0 Å². The van der Waals surface area contributed by atoms with Crippen LogP contribution in [0.2, 0.25) is 0 Å². The van der Waals surface area contributed by atoms with Crippen molar-refractivity contribution in [2.75, 3.05) is 85.4 Å². The molecule has 0 aliphatic carbocycles. The molecule has 97 heavy (non-hydrogen) atoms. The maximum atomic E-state index is 14.1. The Kier molecular flexibility index (Phi) is 35.8. The van der Waals surface area contributed by atoms with E-state index in [1.165, 1.54) is 0 Å². The van der Waals surface area contributed by atoms with E-state index in [1.807, 2.05) is 43.8 Å². The van der Waals surface area contributed by atoms with Gasteiger partial charge in [-0.05, 0) is 83.3 Å². The molecule has 544 valence electrons. The van der Waals surface area contributed by atoms with Gasteiger partial charge in [-0.15, -0.1) is 0 Å². The molecule has 26 nitrogen and oxygen atoms in total. The Morgan fingerprint density at radius 2 is 1.30 bits per heavy atom. The number of benzene rings is 1. The normalized spacial score (nSPS) is 34.8. The molecular weight excluding hydrogens is 1260 g/mol. The highest BCUT2D eigenvalue weighted by Gasteiger charge is 2.51. The van der Waals surface area contributed by atoms with E-state index in [0.29, 0.717) is 51.3 Å². The first kappa shape index (κ1) is 81.9. The van der Waals surface area contributed by atoms with E-state index in [0.717, 1.165) is 5.69 Å². The minimum Gasteiger partial charge on any atom is -0.461 e. The summed E-state index contributed by atoms with van der Waals surface area (Å²) in [6, 6.07) is 5.64. The number of ketones is 2. The summed E-state index contributed by atoms with van der Waals surface area (Å²) in [6.07, 6.45) is 1.93. The summed E-state index contributed by atoms with van der Waals surface area (Å²) in [5.74, 6) is -7.13. The van der Waals surface area contributed by atoms with Crippen LogP contribution in [0.15, 0.2) is 109 Å². The molecule has 4 aliphatic rings. The SMILES string of the molecule is CNc1ccc(C(=O)CC(O)CCC(C)C2OC(=O)CC(O)CC(=O)CC(O)CC(O)CC(O)CC(O)CC3(O)CC(O)C(C(=O)NCCN(C)C)C(CC(OC4OC(C)C(O)C(NC(=O)CN5CCN(CCO)CC5)C4O)/C=C/C=C/C=C/C=C\C=C/C=C/C=C/C2C)O3)cc1. The predicted octanol–water partition coefficient (Wildman–Crippen LogP) is 1.11. The van der Waals surface area contributed by atoms with Crippen molar-refractivity contribution in [2.24, 2.45) is 17.8 Å². The summed E-state index contributed by atoms with van der Waals surface area (Å²) in [4.78, 5) is 73.0. The second kappa shape index (κ2) is 42.4. The van der Waals surface area contributed by atoms with Crippen LogP contribution in [0.4, 0.5) is 5.69 Å². The summed E-state index contributed by atoms with van der Waals surface area (Å²) in [7, 11) is 5.39. The number of likely N-dealkylation sites (N-methyl/N-ethyl adjacent to an activating group) is 1. The van der Waals surface area contributed by atoms with Crippen molar-refractivity contribution in [3.63, 3.8) is 0 Å². The molecule has 4 heterocycles. The van der Waals surface area contributed by atoms with Crippen LogP contribution in [0.5, 0.6) is 0 Å². The number of piperazine rings is 1. The topological polar surface area (TPSA) is 391 Å². The second-order valence-corrected chi connectivity index (χ2v) is 26.5. The number of carbonyl (C=O) groups is 5. The summed E-state index contributed by atoms with van der Waals surface area (Å²) in [5, 5.41) is 131. The number of nitrogens with zero attached hydrogens (tertiary/aromatic N) is 3. The van der Waals surface area contributed by atoms with Gasteiger partial charge in [-0.3, -0.25) is 33.8 Å². The zero-order valence-electron chi connectivity index (χ0n) is 57.1. The maximum Gasteiger partial charge on any atom is 0.308 e. The van der Waals surface area contributed by atoms with Crippen molar-refractivity contribution >= 4 is 35.0 Å². The number of cyclic esters (lactones) is 1. The Hall–Kier alpha value is -5.73. The zero-order valence-corrected chi connectivity index (χ0v) is 57.1. The third-order valence-corrected chi connectivity index (χ3v) is 17.8. The van der Waals surface area contributed by atoms with Crippen LogP contribution in [-0.4, -0.2) is 278 Å². The monoisotopic (exact) mass is 1370 g/mol. The highest BCUT2D eigenvalue weighted by atomic mass is 16.7. The number of aliphatic hydroxyl groups excluding tert-OH is 10. The molecule has 3 fully saturated rings. The third kappa shape index (κ3) is 29.6. The molecule has 1 aromatic carbocycles. The van der Waals surface area contributed by atoms with Crippen LogP contribution in [-0.2, 0) is 38.1 Å². The molecular formula is C71H110N6O20. The molecule has 14 N–H and O–H groups in total. The quantitative estimate of drug-likeness (QED) is 0.0681. The fourth-order valence-electron chi connectivity index (χ4n) is 12.5. The lowest BCUT2D eigenvalue weighted by molar-refractivity contribution is -0.307. The maximum absolute atomic E-state index is 14.1. The number of aliphatic hydroxyl groups is 11. The molecule has 19 unspecified atom stereocenters. The number of amides is 2. The average Bonchev–Trinajstić information content (AvgIpc) is 0.788. The number of rotatable bonds is 19. The Labute approximate surface area is 570 Å². The summed E-state index contributed by atoms with van der Waals surface area (Å²) >= 11 is 0. The summed E-state index contributed by atoms with van der Waals surface area (Å²) in [5.41, 5.74) is 1.30. The first-order chi connectivity index (χ1) is 46.1. The van der Waals surface area contributed by atoms with Crippen LogP contribution in [0.25, 0.3) is 0 Å². The number of nitrogens with one attached hydrogen (secondary N) is 3. The van der Waals surface area contributed by atoms with Crippen LogP contribution < -0.4 is 16.0 Å². The Bertz CT molecular complexity index is 2770. The van der Waals surface area contributed by atoms with Gasteiger partial charge in [0.05, 0.1) is 92.6 Å². The number of ether oxygens (including phenoxy) is 4. The van der Waals surface area contributed by atoms with Crippen LogP contribution in [0.1, 0.15) is 108 Å². The second-order valence-electron chi connectivity index (χ2n) is 26.5. The molecule has 2 bridgehead atoms. The third-order valence-electron chi connectivity index (χ3n) is 17.8. The number of allylic oxidation sites excluding steroid dienone is 12. The smallest absolute Gasteiger partial charge is 0.308 e. The summed E-state index contributed by atoms with van der Waals surface area (Å²) in [6.45, 7) is 8.74. The Morgan fingerprint density at radius 1 is 0.722 bits per heavy atom. The number of hydrogen-bond donors (Lipinski definition) is 14. The van der Waals surface area contributed by atoms with Gasteiger partial charge < -0.3 is 96.0 Å². The van der Waals surface area contributed by atoms with Crippen molar-refractivity contribution in [3.05, 3.63) is 115 Å². The number of Topliss-reactive ketones (excluding diaryl/α,β-unsaturated/α-hetero) is 2. The van der Waals surface area contributed by atoms with E-state index < -0.39 is 178 Å². The van der Waals surface area contributed by atoms with E-state index in [-0.39, 0.29) is 56.6 Å². The average molecular weight is 1370 g/mol. The lowest BCUT2D eigenvalue weighted by atomic mass is 9.82. The van der Waals surface area contributed by atoms with Crippen molar-refractivity contribution in [1.29, 1.82) is 0 Å². The van der Waals surface area contributed by atoms with E-state index in [1.54, 1.807) is 117 Å². The highest BCUT2D eigenvalue weighted by Crippen LogP contribution is 2.38. The highest BCUT2D eigenvalue weighted by molar-refractivity contribution is 5.96. The Morgan fingerprint density at radius 3 is 1.91 bits per heavy atom. The van der Waals surface area contributed by atoms with Crippen molar-refractivity contribution in [1.82, 2.24) is 25.3 Å². The van der Waals surface area contributed by atoms with Gasteiger partial charge in [-0.1, -0.05) is 98.9 Å². The van der Waals surface area contributed by atoms with Gasteiger partial charge in [0, 0.05) is 109 Å². The molecule has 0 spiro atoms. The van der Waals surface area contributed by atoms with Crippen molar-refractivity contribution < 1.29 is 99.1 Å². The van der Waals surface area contributed by atoms with Crippen LogP contribution >= 0.6 is 0 Å². The van der Waals surface area contributed by atoms with Gasteiger partial charge in [0.15, 0.2) is 17.9 Å². The number of esters is 1. The molecule has 2 amide bonds. The van der Waals surface area contributed by atoms with Gasteiger partial charge in [-0.2, -0.15) is 0 Å². The summed E-state index contributed by atoms with van der Waals surface area (Å²) < 4.78 is 24.8. The molecule has 0 saturated carbocycles. The van der Waals surface area contributed by atoms with Gasteiger partial charge in [0.25, 0.3) is 0 Å². The molecule has 19 atom stereocenters. The van der Waals surface area contributed by atoms with E-state index in [9.17, 15) is 80.1 Å². The van der Waals surface area contributed by atoms with Crippen LogP contribution in [0, 0.1) is 17.8 Å². The number of hydrogen-bond acceptors (Lipinski definition) is 24. The fourth-order valence-corrected chi connectivity index (χ4v) is 12.5. The molecule has 1 aromatic rings. The van der Waals surface area contributed by atoms with E-state index >= 15 is 0 Å². The zero-order chi connectivity index (χ0) is 71.2. The van der Waals surface area contributed by atoms with Gasteiger partial charge in [-0.25, -0.2) is 0 Å². The van der Waals surface area contributed by atoms with E-state index in [2.05, 4.69) is 20.9 Å². The molecule has 0 aromatic heterocycles.